The fourth-order valence-corrected chi connectivity index (χ4v) is 3.38. The molecule has 3 aromatic carbocycles. The van der Waals surface area contributed by atoms with E-state index >= 15 is 0 Å². The Bertz CT molecular complexity index is 1150. The van der Waals surface area contributed by atoms with Crippen molar-refractivity contribution < 1.29 is 4.79 Å². The number of benzene rings is 3. The van der Waals surface area contributed by atoms with E-state index in [1.807, 2.05) is 42.5 Å². The topological polar surface area (TPSA) is 34.0 Å². The molecule has 0 aliphatic heterocycles. The zero-order chi connectivity index (χ0) is 19.0. The van der Waals surface area contributed by atoms with Crippen molar-refractivity contribution in [1.82, 2.24) is 4.57 Å². The molecule has 0 fully saturated rings. The van der Waals surface area contributed by atoms with Crippen LogP contribution in [0.3, 0.4) is 0 Å². The summed E-state index contributed by atoms with van der Waals surface area (Å²) in [6.07, 6.45) is 0. The Morgan fingerprint density at radius 2 is 1.56 bits per heavy atom. The zero-order valence-corrected chi connectivity index (χ0v) is 16.2. The average molecular weight is 416 g/mol. The maximum Gasteiger partial charge on any atom is 0.330 e. The van der Waals surface area contributed by atoms with Gasteiger partial charge in [0.25, 0.3) is 0 Å². The number of nitrogens with zero attached hydrogens (tertiary/aromatic N) is 1. The highest BCUT2D eigenvalue weighted by Crippen LogP contribution is 2.30. The second-order valence-electron chi connectivity index (χ2n) is 5.99. The van der Waals surface area contributed by atoms with Gasteiger partial charge in [0.1, 0.15) is 0 Å². The van der Waals surface area contributed by atoms with Crippen LogP contribution in [0.2, 0.25) is 15.1 Å². The van der Waals surface area contributed by atoms with Crippen LogP contribution in [0.15, 0.2) is 72.8 Å². The fourth-order valence-electron chi connectivity index (χ4n) is 2.96. The van der Waals surface area contributed by atoms with Crippen molar-refractivity contribution >= 4 is 57.4 Å². The Hall–Kier alpha value is -2.46. The van der Waals surface area contributed by atoms with Crippen LogP contribution in [0.4, 0.5) is 10.5 Å². The second kappa shape index (κ2) is 7.28. The van der Waals surface area contributed by atoms with Crippen LogP contribution in [0.1, 0.15) is 0 Å². The van der Waals surface area contributed by atoms with Crippen LogP contribution in [0, 0.1) is 0 Å². The number of amides is 1. The van der Waals surface area contributed by atoms with Gasteiger partial charge in [0.2, 0.25) is 0 Å². The number of hydrogen-bond acceptors (Lipinski definition) is 1. The molecule has 27 heavy (non-hydrogen) atoms. The predicted molar refractivity (Wildman–Crippen MR) is 113 cm³/mol. The first kappa shape index (κ1) is 17.9. The number of hydrogen-bond donors (Lipinski definition) is 1. The van der Waals surface area contributed by atoms with Gasteiger partial charge in [0.15, 0.2) is 0 Å². The highest BCUT2D eigenvalue weighted by atomic mass is 35.5. The second-order valence-corrected chi connectivity index (χ2v) is 7.24. The Balaban J connectivity index is 1.81. The molecule has 0 bridgehead atoms. The van der Waals surface area contributed by atoms with Crippen molar-refractivity contribution in [2.75, 3.05) is 5.32 Å². The van der Waals surface area contributed by atoms with Crippen molar-refractivity contribution in [2.24, 2.45) is 0 Å². The minimum atomic E-state index is -0.292. The molecule has 1 N–H and O–H groups in total. The van der Waals surface area contributed by atoms with Gasteiger partial charge in [-0.25, -0.2) is 4.79 Å². The summed E-state index contributed by atoms with van der Waals surface area (Å²) in [6, 6.07) is 21.8. The van der Waals surface area contributed by atoms with Gasteiger partial charge in [-0.2, -0.15) is 0 Å². The van der Waals surface area contributed by atoms with Crippen LogP contribution >= 0.6 is 34.8 Å². The van der Waals surface area contributed by atoms with Gasteiger partial charge in [-0.1, -0.05) is 65.1 Å². The number of para-hydroxylation sites is 1. The quantitative estimate of drug-likeness (QED) is 0.365. The summed E-state index contributed by atoms with van der Waals surface area (Å²) in [5.41, 5.74) is 3.03. The molecule has 0 aliphatic carbocycles. The van der Waals surface area contributed by atoms with E-state index in [1.54, 1.807) is 34.9 Å². The first-order chi connectivity index (χ1) is 13.0. The van der Waals surface area contributed by atoms with E-state index in [0.29, 0.717) is 20.8 Å². The van der Waals surface area contributed by atoms with Gasteiger partial charge in [-0.05, 0) is 48.0 Å². The van der Waals surface area contributed by atoms with Crippen molar-refractivity contribution in [3.05, 3.63) is 87.9 Å². The number of halogens is 3. The molecule has 1 amide bonds. The summed E-state index contributed by atoms with van der Waals surface area (Å²) in [6.45, 7) is 0. The number of rotatable bonds is 2. The summed E-state index contributed by atoms with van der Waals surface area (Å²) in [4.78, 5) is 13.1. The molecule has 1 heterocycles. The number of fused-ring (bicyclic) bond motifs is 1. The number of carbonyl (C=O) groups excluding carboxylic acids is 1. The first-order valence-electron chi connectivity index (χ1n) is 8.16. The molecular weight excluding hydrogens is 403 g/mol. The summed E-state index contributed by atoms with van der Waals surface area (Å²) in [5, 5.41) is 5.30. The third kappa shape index (κ3) is 3.54. The number of aromatic nitrogens is 1. The lowest BCUT2D eigenvalue weighted by molar-refractivity contribution is 0.254. The van der Waals surface area contributed by atoms with E-state index in [1.165, 1.54) is 0 Å². The minimum absolute atomic E-state index is 0.292. The molecule has 1 aromatic heterocycles. The van der Waals surface area contributed by atoms with Gasteiger partial charge in [-0.15, -0.1) is 0 Å². The van der Waals surface area contributed by atoms with Crippen molar-refractivity contribution in [3.63, 3.8) is 0 Å². The normalized spacial score (nSPS) is 10.9. The van der Waals surface area contributed by atoms with Gasteiger partial charge < -0.3 is 5.32 Å². The summed E-state index contributed by atoms with van der Waals surface area (Å²) < 4.78 is 1.64. The molecule has 0 saturated heterocycles. The SMILES string of the molecule is O=C(Nc1ccc(Cl)c(Cl)c1)n1c(-c2ccc(Cl)cc2)cc2ccccc21. The molecule has 4 rings (SSSR count). The molecule has 0 aliphatic rings. The molecule has 0 atom stereocenters. The number of nitrogens with one attached hydrogen (secondary N) is 1. The summed E-state index contributed by atoms with van der Waals surface area (Å²) in [5.74, 6) is 0. The Kier molecular flexibility index (Phi) is 4.83. The van der Waals surface area contributed by atoms with Crippen LogP contribution in [-0.2, 0) is 0 Å². The van der Waals surface area contributed by atoms with Gasteiger partial charge in [0.05, 0.1) is 21.3 Å². The monoisotopic (exact) mass is 414 g/mol. The molecule has 0 radical (unpaired) electrons. The van der Waals surface area contributed by atoms with E-state index < -0.39 is 0 Å². The summed E-state index contributed by atoms with van der Waals surface area (Å²) in [7, 11) is 0. The van der Waals surface area contributed by atoms with Crippen molar-refractivity contribution in [2.45, 2.75) is 0 Å². The van der Waals surface area contributed by atoms with E-state index in [2.05, 4.69) is 5.32 Å². The molecule has 0 saturated carbocycles. The fraction of sp³-hybridized carbons (Fsp3) is 0. The average Bonchev–Trinajstić information content (AvgIpc) is 3.05. The van der Waals surface area contributed by atoms with Crippen LogP contribution in [-0.4, -0.2) is 10.6 Å². The minimum Gasteiger partial charge on any atom is -0.307 e. The van der Waals surface area contributed by atoms with Crippen molar-refractivity contribution in [3.8, 4) is 11.3 Å². The van der Waals surface area contributed by atoms with Gasteiger partial charge in [-0.3, -0.25) is 4.57 Å². The highest BCUT2D eigenvalue weighted by Gasteiger charge is 2.17. The zero-order valence-electron chi connectivity index (χ0n) is 13.9. The summed E-state index contributed by atoms with van der Waals surface area (Å²) >= 11 is 18.0. The van der Waals surface area contributed by atoms with Crippen molar-refractivity contribution in [1.29, 1.82) is 0 Å². The van der Waals surface area contributed by atoms with E-state index in [0.717, 1.165) is 22.2 Å². The van der Waals surface area contributed by atoms with Gasteiger partial charge >= 0.3 is 6.03 Å². The highest BCUT2D eigenvalue weighted by molar-refractivity contribution is 6.42. The molecule has 0 spiro atoms. The predicted octanol–water partition coefficient (Wildman–Crippen LogP) is 7.35. The van der Waals surface area contributed by atoms with Crippen LogP contribution in [0.5, 0.6) is 0 Å². The molecule has 3 nitrogen and oxygen atoms in total. The van der Waals surface area contributed by atoms with Crippen LogP contribution < -0.4 is 5.32 Å². The molecular formula is C21H13Cl3N2O. The lowest BCUT2D eigenvalue weighted by Crippen LogP contribution is -2.20. The maximum absolute atomic E-state index is 13.1. The molecule has 4 aromatic rings. The largest absolute Gasteiger partial charge is 0.330 e. The standard InChI is InChI=1S/C21H13Cl3N2O/c22-15-7-5-13(6-8-15)20-11-14-3-1-2-4-19(14)26(20)21(27)25-16-9-10-17(23)18(24)12-16/h1-12H,(H,25,27). The Labute approximate surface area is 171 Å². The first-order valence-corrected chi connectivity index (χ1v) is 9.29. The molecule has 134 valence electrons. The number of anilines is 1. The lowest BCUT2D eigenvalue weighted by Gasteiger charge is -2.12. The Morgan fingerprint density at radius 1 is 0.815 bits per heavy atom. The van der Waals surface area contributed by atoms with E-state index in [-0.39, 0.29) is 6.03 Å². The lowest BCUT2D eigenvalue weighted by atomic mass is 10.1. The third-order valence-corrected chi connectivity index (χ3v) is 5.22. The number of carbonyl (C=O) groups is 1. The smallest absolute Gasteiger partial charge is 0.307 e. The Morgan fingerprint density at radius 3 is 2.30 bits per heavy atom. The molecule has 6 heteroatoms. The third-order valence-electron chi connectivity index (χ3n) is 4.22. The van der Waals surface area contributed by atoms with E-state index in [4.69, 9.17) is 34.8 Å². The van der Waals surface area contributed by atoms with Gasteiger partial charge in [0, 0.05) is 16.1 Å². The maximum atomic E-state index is 13.1. The van der Waals surface area contributed by atoms with Crippen LogP contribution in [0.25, 0.3) is 22.2 Å². The van der Waals surface area contributed by atoms with E-state index in [9.17, 15) is 4.79 Å². The molecule has 0 unspecified atom stereocenters.